The van der Waals surface area contributed by atoms with Gasteiger partial charge < -0.3 is 9.97 Å². The molecule has 0 radical (unpaired) electrons. The minimum atomic E-state index is -0.0291. The lowest BCUT2D eigenvalue weighted by atomic mass is 10.2. The van der Waals surface area contributed by atoms with E-state index >= 15 is 0 Å². The molecule has 2 N–H and O–H groups in total. The van der Waals surface area contributed by atoms with Crippen molar-refractivity contribution < 1.29 is 9.59 Å². The first-order chi connectivity index (χ1) is 15.0. The van der Waals surface area contributed by atoms with Gasteiger partial charge in [-0.05, 0) is 62.1 Å². The number of fused-ring (bicyclic) bond motifs is 2. The van der Waals surface area contributed by atoms with Crippen LogP contribution in [0.25, 0.3) is 22.1 Å². The Hall–Kier alpha value is -2.58. The quantitative estimate of drug-likeness (QED) is 0.335. The predicted molar refractivity (Wildman–Crippen MR) is 129 cm³/mol. The maximum absolute atomic E-state index is 12.3. The zero-order chi connectivity index (χ0) is 21.8. The lowest BCUT2D eigenvalue weighted by Gasteiger charge is -2.00. The van der Waals surface area contributed by atoms with E-state index in [1.807, 2.05) is 50.2 Å². The van der Waals surface area contributed by atoms with E-state index in [2.05, 4.69) is 19.9 Å². The van der Waals surface area contributed by atoms with Gasteiger partial charge in [0.1, 0.15) is 0 Å². The molecule has 0 aliphatic rings. The highest BCUT2D eigenvalue weighted by Gasteiger charge is 2.13. The largest absolute Gasteiger partial charge is 0.335 e. The Bertz CT molecular complexity index is 1150. The second kappa shape index (κ2) is 9.70. The SMILES string of the molecule is Cc1ccc2[nH]c(C(=O)SCCCCCSC(=O)c3nc4cc(C)ccc4[nH]3)nc2c1. The van der Waals surface area contributed by atoms with Crippen LogP contribution in [-0.2, 0) is 0 Å². The molecule has 2 heterocycles. The number of carbonyl (C=O) groups excluding carboxylic acids is 2. The fourth-order valence-corrected chi connectivity index (χ4v) is 4.81. The Morgan fingerprint density at radius 1 is 0.742 bits per heavy atom. The minimum Gasteiger partial charge on any atom is -0.335 e. The summed E-state index contributed by atoms with van der Waals surface area (Å²) in [4.78, 5) is 39.7. The lowest BCUT2D eigenvalue weighted by Crippen LogP contribution is -1.99. The second-order valence-electron chi connectivity index (χ2n) is 7.54. The van der Waals surface area contributed by atoms with Crippen molar-refractivity contribution in [1.29, 1.82) is 0 Å². The molecular weight excluding hydrogens is 428 g/mol. The summed E-state index contributed by atoms with van der Waals surface area (Å²) in [5, 5.41) is -0.0583. The van der Waals surface area contributed by atoms with Crippen LogP contribution < -0.4 is 0 Å². The molecule has 0 bridgehead atoms. The van der Waals surface area contributed by atoms with E-state index in [0.717, 1.165) is 64.0 Å². The van der Waals surface area contributed by atoms with Crippen molar-refractivity contribution in [3.8, 4) is 0 Å². The number of imidazole rings is 2. The van der Waals surface area contributed by atoms with Gasteiger partial charge in [-0.2, -0.15) is 0 Å². The van der Waals surface area contributed by atoms with E-state index < -0.39 is 0 Å². The van der Waals surface area contributed by atoms with Gasteiger partial charge in [0, 0.05) is 11.5 Å². The van der Waals surface area contributed by atoms with Crippen molar-refractivity contribution in [1.82, 2.24) is 19.9 Å². The number of nitrogens with zero attached hydrogens (tertiary/aromatic N) is 2. The number of thioether (sulfide) groups is 2. The lowest BCUT2D eigenvalue weighted by molar-refractivity contribution is 0.107. The Morgan fingerprint density at radius 3 is 1.65 bits per heavy atom. The van der Waals surface area contributed by atoms with Crippen molar-refractivity contribution in [3.05, 3.63) is 59.2 Å². The molecule has 0 aliphatic carbocycles. The molecule has 0 amide bonds. The number of hydrogen-bond acceptors (Lipinski definition) is 6. The molecule has 8 heteroatoms. The molecule has 0 fully saturated rings. The zero-order valence-electron chi connectivity index (χ0n) is 17.5. The van der Waals surface area contributed by atoms with E-state index in [4.69, 9.17) is 0 Å². The summed E-state index contributed by atoms with van der Waals surface area (Å²) < 4.78 is 0. The number of unbranched alkanes of at least 4 members (excludes halogenated alkanes) is 2. The third-order valence-electron chi connectivity index (χ3n) is 4.92. The zero-order valence-corrected chi connectivity index (χ0v) is 19.2. The maximum atomic E-state index is 12.3. The standard InChI is InChI=1S/C23H24N4O2S2/c1-14-6-8-16-18(12-14)26-20(24-16)22(28)30-10-4-3-5-11-31-23(29)21-25-17-9-7-15(2)13-19(17)27-21/h6-9,12-13H,3-5,10-11H2,1-2H3,(H,24,26)(H,25,27). The van der Waals surface area contributed by atoms with Crippen LogP contribution >= 0.6 is 23.5 Å². The van der Waals surface area contributed by atoms with Gasteiger partial charge in [-0.15, -0.1) is 0 Å². The van der Waals surface area contributed by atoms with E-state index in [9.17, 15) is 9.59 Å². The summed E-state index contributed by atoms with van der Waals surface area (Å²) in [7, 11) is 0. The summed E-state index contributed by atoms with van der Waals surface area (Å²) in [5.74, 6) is 2.31. The van der Waals surface area contributed by atoms with Crippen LogP contribution in [-0.4, -0.2) is 41.7 Å². The molecule has 0 aliphatic heterocycles. The molecule has 2 aromatic heterocycles. The van der Waals surface area contributed by atoms with Gasteiger partial charge in [0.15, 0.2) is 11.6 Å². The third-order valence-corrected chi connectivity index (χ3v) is 6.82. The van der Waals surface area contributed by atoms with Crippen LogP contribution in [0.4, 0.5) is 0 Å². The smallest absolute Gasteiger partial charge is 0.254 e. The summed E-state index contributed by atoms with van der Waals surface area (Å²) in [6.07, 6.45) is 2.82. The average molecular weight is 453 g/mol. The molecule has 4 rings (SSSR count). The first-order valence-corrected chi connectivity index (χ1v) is 12.2. The van der Waals surface area contributed by atoms with E-state index in [0.29, 0.717) is 11.6 Å². The summed E-state index contributed by atoms with van der Waals surface area (Å²) in [6.45, 7) is 4.02. The van der Waals surface area contributed by atoms with E-state index in [1.165, 1.54) is 23.5 Å². The molecule has 0 unspecified atom stereocenters. The van der Waals surface area contributed by atoms with Gasteiger partial charge in [0.2, 0.25) is 0 Å². The van der Waals surface area contributed by atoms with Gasteiger partial charge in [-0.3, -0.25) is 9.59 Å². The average Bonchev–Trinajstić information content (AvgIpc) is 3.36. The molecule has 2 aromatic carbocycles. The Morgan fingerprint density at radius 2 is 1.19 bits per heavy atom. The molecule has 0 saturated heterocycles. The highest BCUT2D eigenvalue weighted by Crippen LogP contribution is 2.20. The molecular formula is C23H24N4O2S2. The minimum absolute atomic E-state index is 0.0291. The molecule has 6 nitrogen and oxygen atoms in total. The monoisotopic (exact) mass is 452 g/mol. The number of aromatic amines is 2. The number of hydrogen-bond donors (Lipinski definition) is 2. The van der Waals surface area contributed by atoms with Crippen molar-refractivity contribution >= 4 is 55.8 Å². The van der Waals surface area contributed by atoms with Gasteiger partial charge in [0.05, 0.1) is 22.1 Å². The number of benzene rings is 2. The molecule has 31 heavy (non-hydrogen) atoms. The fraction of sp³-hybridized carbons (Fsp3) is 0.304. The number of carbonyl (C=O) groups is 2. The van der Waals surface area contributed by atoms with Crippen molar-refractivity contribution in [2.45, 2.75) is 33.1 Å². The van der Waals surface area contributed by atoms with Crippen molar-refractivity contribution in [2.75, 3.05) is 11.5 Å². The first-order valence-electron chi connectivity index (χ1n) is 10.3. The van der Waals surface area contributed by atoms with Crippen LogP contribution in [0.3, 0.4) is 0 Å². The highest BCUT2D eigenvalue weighted by atomic mass is 32.2. The molecule has 4 aromatic rings. The predicted octanol–water partition coefficient (Wildman–Crippen LogP) is 5.67. The number of H-pyrrole nitrogens is 2. The normalized spacial score (nSPS) is 11.4. The highest BCUT2D eigenvalue weighted by molar-refractivity contribution is 8.14. The second-order valence-corrected chi connectivity index (χ2v) is 9.68. The van der Waals surface area contributed by atoms with Crippen LogP contribution in [0.1, 0.15) is 51.6 Å². The van der Waals surface area contributed by atoms with E-state index in [1.54, 1.807) is 0 Å². The number of aryl methyl sites for hydroxylation is 2. The van der Waals surface area contributed by atoms with Crippen LogP contribution in [0.5, 0.6) is 0 Å². The van der Waals surface area contributed by atoms with Crippen molar-refractivity contribution in [2.24, 2.45) is 0 Å². The Balaban J connectivity index is 1.15. The summed E-state index contributed by atoms with van der Waals surface area (Å²) >= 11 is 2.58. The summed E-state index contributed by atoms with van der Waals surface area (Å²) in [5.41, 5.74) is 5.66. The number of rotatable bonds is 8. The van der Waals surface area contributed by atoms with Gasteiger partial charge >= 0.3 is 0 Å². The van der Waals surface area contributed by atoms with Crippen LogP contribution in [0.15, 0.2) is 36.4 Å². The van der Waals surface area contributed by atoms with Gasteiger partial charge in [-0.1, -0.05) is 42.1 Å². The first kappa shape index (κ1) is 21.6. The fourth-order valence-electron chi connectivity index (χ4n) is 3.27. The maximum Gasteiger partial charge on any atom is 0.254 e. The van der Waals surface area contributed by atoms with Gasteiger partial charge in [0.25, 0.3) is 10.2 Å². The Labute approximate surface area is 189 Å². The molecule has 0 atom stereocenters. The number of aromatic nitrogens is 4. The van der Waals surface area contributed by atoms with Crippen LogP contribution in [0, 0.1) is 13.8 Å². The van der Waals surface area contributed by atoms with E-state index in [-0.39, 0.29) is 10.2 Å². The topological polar surface area (TPSA) is 91.5 Å². The van der Waals surface area contributed by atoms with Crippen molar-refractivity contribution in [3.63, 3.8) is 0 Å². The Kier molecular flexibility index (Phi) is 6.77. The molecule has 0 saturated carbocycles. The van der Waals surface area contributed by atoms with Gasteiger partial charge in [-0.25, -0.2) is 9.97 Å². The molecule has 160 valence electrons. The van der Waals surface area contributed by atoms with Crippen LogP contribution in [0.2, 0.25) is 0 Å². The summed E-state index contributed by atoms with van der Waals surface area (Å²) in [6, 6.07) is 11.8. The third kappa shape index (κ3) is 5.37. The molecule has 0 spiro atoms. The number of nitrogens with one attached hydrogen (secondary N) is 2.